The van der Waals surface area contributed by atoms with Gasteiger partial charge in [0.05, 0.1) is 6.54 Å². The summed E-state index contributed by atoms with van der Waals surface area (Å²) in [6.45, 7) is -2.65. The molecule has 0 unspecified atom stereocenters. The van der Waals surface area contributed by atoms with Crippen molar-refractivity contribution in [2.24, 2.45) is 0 Å². The van der Waals surface area contributed by atoms with Crippen molar-refractivity contribution in [2.45, 2.75) is 13.0 Å². The van der Waals surface area contributed by atoms with Gasteiger partial charge >= 0.3 is 6.61 Å². The van der Waals surface area contributed by atoms with Crippen LogP contribution in [0.5, 0.6) is 5.75 Å². The molecule has 1 aromatic heterocycles. The predicted molar refractivity (Wildman–Crippen MR) is 85.8 cm³/mol. The number of thiophene rings is 1. The number of benzene rings is 1. The molecule has 2 amide bonds. The van der Waals surface area contributed by atoms with Crippen molar-refractivity contribution in [1.29, 1.82) is 0 Å². The summed E-state index contributed by atoms with van der Waals surface area (Å²) in [6, 6.07) is 8.87. The molecule has 1 aliphatic heterocycles. The molecule has 0 atom stereocenters. The Kier molecular flexibility index (Phi) is 4.75. The van der Waals surface area contributed by atoms with Crippen LogP contribution in [-0.2, 0) is 11.2 Å². The third-order valence-electron chi connectivity index (χ3n) is 3.64. The van der Waals surface area contributed by atoms with Crippen LogP contribution in [0.3, 0.4) is 0 Å². The van der Waals surface area contributed by atoms with Crippen molar-refractivity contribution < 1.29 is 23.1 Å². The average Bonchev–Trinajstić information content (AvgIpc) is 3.18. The molecule has 1 aromatic carbocycles. The van der Waals surface area contributed by atoms with Gasteiger partial charge in [-0.15, -0.1) is 11.3 Å². The fraction of sp³-hybridized carbons (Fsp3) is 0.250. The molecule has 1 aliphatic rings. The van der Waals surface area contributed by atoms with Gasteiger partial charge in [0, 0.05) is 12.2 Å². The predicted octanol–water partition coefficient (Wildman–Crippen LogP) is 2.67. The summed E-state index contributed by atoms with van der Waals surface area (Å²) >= 11 is 0.977. The van der Waals surface area contributed by atoms with E-state index in [1.807, 2.05) is 24.3 Å². The minimum atomic E-state index is -3.01. The molecule has 5 nitrogen and oxygen atoms in total. The number of rotatable bonds is 5. The quantitative estimate of drug-likeness (QED) is 0.900. The van der Waals surface area contributed by atoms with Gasteiger partial charge in [-0.1, -0.05) is 18.2 Å². The largest absolute Gasteiger partial charge is 0.433 e. The third kappa shape index (κ3) is 3.38. The van der Waals surface area contributed by atoms with Crippen molar-refractivity contribution in [3.05, 3.63) is 46.2 Å². The van der Waals surface area contributed by atoms with Gasteiger partial charge in [-0.3, -0.25) is 9.59 Å². The van der Waals surface area contributed by atoms with E-state index in [-0.39, 0.29) is 23.1 Å². The number of halogens is 2. The van der Waals surface area contributed by atoms with Crippen molar-refractivity contribution in [3.8, 4) is 5.75 Å². The monoisotopic (exact) mass is 352 g/mol. The maximum Gasteiger partial charge on any atom is 0.387 e. The fourth-order valence-electron chi connectivity index (χ4n) is 2.58. The molecular formula is C16H14F2N2O3S. The van der Waals surface area contributed by atoms with Gasteiger partial charge in [0.25, 0.3) is 5.91 Å². The summed E-state index contributed by atoms with van der Waals surface area (Å²) in [4.78, 5) is 26.0. The van der Waals surface area contributed by atoms with E-state index in [1.165, 1.54) is 11.4 Å². The number of alkyl halides is 2. The normalized spacial score (nSPS) is 13.0. The Balaban J connectivity index is 1.61. The highest BCUT2D eigenvalue weighted by Crippen LogP contribution is 2.28. The number of para-hydroxylation sites is 1. The Morgan fingerprint density at radius 2 is 2.08 bits per heavy atom. The Labute approximate surface area is 140 Å². The first-order valence-electron chi connectivity index (χ1n) is 7.25. The molecule has 1 N–H and O–H groups in total. The third-order valence-corrected chi connectivity index (χ3v) is 4.53. The molecule has 0 aliphatic carbocycles. The summed E-state index contributed by atoms with van der Waals surface area (Å²) in [5.74, 6) is -1.05. The first kappa shape index (κ1) is 16.4. The molecule has 0 spiro atoms. The lowest BCUT2D eigenvalue weighted by atomic mass is 10.2. The Bertz CT molecular complexity index is 763. The smallest absolute Gasteiger partial charge is 0.387 e. The van der Waals surface area contributed by atoms with Crippen LogP contribution in [0.15, 0.2) is 35.7 Å². The molecule has 0 radical (unpaired) electrons. The van der Waals surface area contributed by atoms with Gasteiger partial charge in [-0.25, -0.2) is 0 Å². The average molecular weight is 352 g/mol. The topological polar surface area (TPSA) is 58.6 Å². The first-order valence-corrected chi connectivity index (χ1v) is 8.13. The molecular weight excluding hydrogens is 338 g/mol. The van der Waals surface area contributed by atoms with E-state index in [1.54, 1.807) is 4.90 Å². The first-order chi connectivity index (χ1) is 11.6. The lowest BCUT2D eigenvalue weighted by molar-refractivity contribution is -0.117. The van der Waals surface area contributed by atoms with Crippen LogP contribution in [0, 0.1) is 0 Å². The molecule has 3 rings (SSSR count). The number of hydrogen-bond donors (Lipinski definition) is 1. The zero-order valence-electron chi connectivity index (χ0n) is 12.5. The van der Waals surface area contributed by atoms with E-state index in [2.05, 4.69) is 10.1 Å². The summed E-state index contributed by atoms with van der Waals surface area (Å²) in [7, 11) is 0. The van der Waals surface area contributed by atoms with Gasteiger partial charge < -0.3 is 15.0 Å². The van der Waals surface area contributed by atoms with Gasteiger partial charge in [-0.05, 0) is 29.5 Å². The van der Waals surface area contributed by atoms with Crippen LogP contribution in [0.4, 0.5) is 14.5 Å². The number of amides is 2. The maximum atomic E-state index is 12.3. The van der Waals surface area contributed by atoms with E-state index in [0.717, 1.165) is 29.0 Å². The Morgan fingerprint density at radius 1 is 1.29 bits per heavy atom. The number of ether oxygens (including phenoxy) is 1. The standard InChI is InChI=1S/C16H14F2N2O3S/c17-16(18)23-12-6-8-24-14(12)15(22)19-9-13(21)20-7-5-10-3-1-2-4-11(10)20/h1-4,6,8,16H,5,7,9H2,(H,19,22). The fourth-order valence-corrected chi connectivity index (χ4v) is 3.32. The number of carbonyl (C=O) groups excluding carboxylic acids is 2. The van der Waals surface area contributed by atoms with Crippen molar-refractivity contribution in [3.63, 3.8) is 0 Å². The van der Waals surface area contributed by atoms with Crippen molar-refractivity contribution in [2.75, 3.05) is 18.0 Å². The second kappa shape index (κ2) is 6.96. The zero-order valence-corrected chi connectivity index (χ0v) is 13.3. The molecule has 126 valence electrons. The van der Waals surface area contributed by atoms with E-state index < -0.39 is 12.5 Å². The number of anilines is 1. The maximum absolute atomic E-state index is 12.3. The molecule has 2 aromatic rings. The number of hydrogen-bond acceptors (Lipinski definition) is 4. The number of fused-ring (bicyclic) bond motifs is 1. The van der Waals surface area contributed by atoms with Crippen LogP contribution >= 0.6 is 11.3 Å². The number of carbonyl (C=O) groups is 2. The molecule has 0 fully saturated rings. The molecule has 2 heterocycles. The Morgan fingerprint density at radius 3 is 2.88 bits per heavy atom. The van der Waals surface area contributed by atoms with E-state index in [9.17, 15) is 18.4 Å². The van der Waals surface area contributed by atoms with Crippen LogP contribution in [0.1, 0.15) is 15.2 Å². The van der Waals surface area contributed by atoms with Gasteiger partial charge in [0.1, 0.15) is 10.6 Å². The molecule has 24 heavy (non-hydrogen) atoms. The zero-order chi connectivity index (χ0) is 17.1. The van der Waals surface area contributed by atoms with Crippen LogP contribution in [0.2, 0.25) is 0 Å². The lowest BCUT2D eigenvalue weighted by Crippen LogP contribution is -2.39. The highest BCUT2D eigenvalue weighted by atomic mass is 32.1. The van der Waals surface area contributed by atoms with Gasteiger partial charge in [0.15, 0.2) is 0 Å². The van der Waals surface area contributed by atoms with Crippen LogP contribution in [-0.4, -0.2) is 31.5 Å². The SMILES string of the molecule is O=C(NCC(=O)N1CCc2ccccc21)c1sccc1OC(F)F. The molecule has 8 heteroatoms. The minimum absolute atomic E-state index is 0.0184. The highest BCUT2D eigenvalue weighted by molar-refractivity contribution is 7.12. The highest BCUT2D eigenvalue weighted by Gasteiger charge is 2.25. The van der Waals surface area contributed by atoms with E-state index in [0.29, 0.717) is 6.54 Å². The second-order valence-electron chi connectivity index (χ2n) is 5.10. The minimum Gasteiger partial charge on any atom is -0.433 e. The van der Waals surface area contributed by atoms with Crippen LogP contribution in [0.25, 0.3) is 0 Å². The van der Waals surface area contributed by atoms with Crippen molar-refractivity contribution in [1.82, 2.24) is 5.32 Å². The van der Waals surface area contributed by atoms with E-state index >= 15 is 0 Å². The second-order valence-corrected chi connectivity index (χ2v) is 6.02. The molecule has 0 bridgehead atoms. The van der Waals surface area contributed by atoms with Gasteiger partial charge in [0.2, 0.25) is 5.91 Å². The van der Waals surface area contributed by atoms with E-state index in [4.69, 9.17) is 0 Å². The van der Waals surface area contributed by atoms with Crippen molar-refractivity contribution >= 4 is 28.8 Å². The summed E-state index contributed by atoms with van der Waals surface area (Å²) in [5, 5.41) is 3.94. The van der Waals surface area contributed by atoms with Crippen LogP contribution < -0.4 is 15.0 Å². The number of nitrogens with one attached hydrogen (secondary N) is 1. The van der Waals surface area contributed by atoms with Gasteiger partial charge in [-0.2, -0.15) is 8.78 Å². The lowest BCUT2D eigenvalue weighted by Gasteiger charge is -2.17. The molecule has 0 saturated carbocycles. The number of nitrogens with zero attached hydrogens (tertiary/aromatic N) is 1. The summed E-state index contributed by atoms with van der Waals surface area (Å²) in [5.41, 5.74) is 1.93. The Hall–Kier alpha value is -2.48. The summed E-state index contributed by atoms with van der Waals surface area (Å²) < 4.78 is 28.9. The molecule has 0 saturated heterocycles. The summed E-state index contributed by atoms with van der Waals surface area (Å²) in [6.07, 6.45) is 0.771.